The lowest BCUT2D eigenvalue weighted by molar-refractivity contribution is 0.106. The van der Waals surface area contributed by atoms with Gasteiger partial charge in [-0.1, -0.05) is 15.9 Å². The summed E-state index contributed by atoms with van der Waals surface area (Å²) in [5, 5.41) is 13.2. The molecule has 1 saturated carbocycles. The van der Waals surface area contributed by atoms with Gasteiger partial charge in [0.1, 0.15) is 18.5 Å². The van der Waals surface area contributed by atoms with E-state index in [1.54, 1.807) is 0 Å². The highest BCUT2D eigenvalue weighted by atomic mass is 79.9. The summed E-state index contributed by atoms with van der Waals surface area (Å²) in [7, 11) is 0. The van der Waals surface area contributed by atoms with Crippen LogP contribution in [0.1, 0.15) is 12.8 Å². The Morgan fingerprint density at radius 1 is 1.42 bits per heavy atom. The molecular formula is C14H20BrNO2S. The normalized spacial score (nSPS) is 18.1. The molecule has 0 spiro atoms. The van der Waals surface area contributed by atoms with E-state index < -0.39 is 6.10 Å². The number of aliphatic hydroxyl groups is 1. The monoisotopic (exact) mass is 345 g/mol. The molecule has 1 aliphatic rings. The van der Waals surface area contributed by atoms with E-state index in [0.717, 1.165) is 16.8 Å². The quantitative estimate of drug-likeness (QED) is 0.760. The molecule has 0 bridgehead atoms. The predicted molar refractivity (Wildman–Crippen MR) is 84.0 cm³/mol. The van der Waals surface area contributed by atoms with Gasteiger partial charge in [0, 0.05) is 22.3 Å². The summed E-state index contributed by atoms with van der Waals surface area (Å²) in [6, 6.07) is 7.62. The van der Waals surface area contributed by atoms with Gasteiger partial charge in [-0.3, -0.25) is 0 Å². The Bertz CT molecular complexity index is 395. The van der Waals surface area contributed by atoms with Gasteiger partial charge in [-0.15, -0.1) is 0 Å². The molecule has 0 aliphatic heterocycles. The molecule has 2 N–H and O–H groups in total. The Balaban J connectivity index is 1.61. The molecule has 0 radical (unpaired) electrons. The highest BCUT2D eigenvalue weighted by Gasteiger charge is 2.41. The van der Waals surface area contributed by atoms with Crippen LogP contribution >= 0.6 is 27.7 Å². The molecule has 1 unspecified atom stereocenters. The molecule has 1 aromatic carbocycles. The number of rotatable bonds is 8. The smallest absolute Gasteiger partial charge is 0.119 e. The van der Waals surface area contributed by atoms with Crippen LogP contribution in [-0.2, 0) is 0 Å². The predicted octanol–water partition coefficient (Wildman–Crippen LogP) is 2.67. The van der Waals surface area contributed by atoms with E-state index in [-0.39, 0.29) is 0 Å². The third-order valence-corrected chi connectivity index (χ3v) is 5.27. The first-order valence-electron chi connectivity index (χ1n) is 6.46. The standard InChI is InChI=1S/C14H20BrNO2S/c1-19-14(6-7-14)10-16-8-12(17)9-18-13-4-2-11(15)3-5-13/h2-5,12,16-17H,6-10H2,1H3. The van der Waals surface area contributed by atoms with E-state index in [0.29, 0.717) is 17.9 Å². The van der Waals surface area contributed by atoms with Gasteiger partial charge in [0.05, 0.1) is 0 Å². The van der Waals surface area contributed by atoms with Gasteiger partial charge in [-0.25, -0.2) is 0 Å². The Morgan fingerprint density at radius 3 is 2.68 bits per heavy atom. The molecule has 106 valence electrons. The number of aliphatic hydroxyl groups excluding tert-OH is 1. The highest BCUT2D eigenvalue weighted by molar-refractivity contribution is 9.10. The lowest BCUT2D eigenvalue weighted by Crippen LogP contribution is -2.35. The van der Waals surface area contributed by atoms with Crippen LogP contribution in [0.2, 0.25) is 0 Å². The van der Waals surface area contributed by atoms with E-state index in [1.807, 2.05) is 36.0 Å². The van der Waals surface area contributed by atoms with Crippen molar-refractivity contribution >= 4 is 27.7 Å². The lowest BCUT2D eigenvalue weighted by Gasteiger charge is -2.16. The van der Waals surface area contributed by atoms with Crippen molar-refractivity contribution in [3.8, 4) is 5.75 Å². The molecule has 0 heterocycles. The van der Waals surface area contributed by atoms with E-state index in [4.69, 9.17) is 4.74 Å². The Morgan fingerprint density at radius 2 is 2.11 bits per heavy atom. The highest BCUT2D eigenvalue weighted by Crippen LogP contribution is 2.46. The van der Waals surface area contributed by atoms with Gasteiger partial charge in [-0.2, -0.15) is 11.8 Å². The van der Waals surface area contributed by atoms with Crippen molar-refractivity contribution in [1.29, 1.82) is 0 Å². The first kappa shape index (κ1) is 15.2. The molecule has 1 aromatic rings. The SMILES string of the molecule is CSC1(CNCC(O)COc2ccc(Br)cc2)CC1. The molecule has 0 saturated heterocycles. The van der Waals surface area contributed by atoms with Crippen molar-refractivity contribution < 1.29 is 9.84 Å². The molecular weight excluding hydrogens is 326 g/mol. The van der Waals surface area contributed by atoms with Crippen molar-refractivity contribution in [2.24, 2.45) is 0 Å². The van der Waals surface area contributed by atoms with Crippen LogP contribution in [0.4, 0.5) is 0 Å². The number of benzene rings is 1. The van der Waals surface area contributed by atoms with Crippen LogP contribution in [0.5, 0.6) is 5.75 Å². The number of ether oxygens (including phenoxy) is 1. The zero-order valence-electron chi connectivity index (χ0n) is 11.1. The van der Waals surface area contributed by atoms with E-state index in [2.05, 4.69) is 27.5 Å². The van der Waals surface area contributed by atoms with Crippen molar-refractivity contribution in [2.45, 2.75) is 23.7 Å². The van der Waals surface area contributed by atoms with Crippen LogP contribution in [0, 0.1) is 0 Å². The Hall–Kier alpha value is -0.230. The van der Waals surface area contributed by atoms with Crippen LogP contribution < -0.4 is 10.1 Å². The molecule has 0 aromatic heterocycles. The van der Waals surface area contributed by atoms with Crippen LogP contribution in [0.3, 0.4) is 0 Å². The minimum absolute atomic E-state index is 0.320. The van der Waals surface area contributed by atoms with Crippen LogP contribution in [0.25, 0.3) is 0 Å². The first-order chi connectivity index (χ1) is 9.13. The number of hydrogen-bond donors (Lipinski definition) is 2. The second-order valence-corrected chi connectivity index (χ2v) is 7.13. The molecule has 5 heteroatoms. The van der Waals surface area contributed by atoms with Crippen molar-refractivity contribution in [3.63, 3.8) is 0 Å². The summed E-state index contributed by atoms with van der Waals surface area (Å²) in [6.45, 7) is 1.88. The fraction of sp³-hybridized carbons (Fsp3) is 0.571. The summed E-state index contributed by atoms with van der Waals surface area (Å²) in [5.74, 6) is 0.782. The fourth-order valence-electron chi connectivity index (χ4n) is 1.84. The second kappa shape index (κ2) is 6.97. The third kappa shape index (κ3) is 4.99. The molecule has 3 nitrogen and oxygen atoms in total. The minimum Gasteiger partial charge on any atom is -0.491 e. The zero-order valence-corrected chi connectivity index (χ0v) is 13.5. The second-order valence-electron chi connectivity index (χ2n) is 4.94. The molecule has 1 atom stereocenters. The zero-order chi connectivity index (χ0) is 13.7. The average Bonchev–Trinajstić information content (AvgIpc) is 3.19. The molecule has 1 aliphatic carbocycles. The molecule has 1 fully saturated rings. The maximum atomic E-state index is 9.85. The summed E-state index contributed by atoms with van der Waals surface area (Å²) in [5.41, 5.74) is 0. The number of thioether (sulfide) groups is 1. The number of nitrogens with one attached hydrogen (secondary N) is 1. The lowest BCUT2D eigenvalue weighted by atomic mass is 10.3. The summed E-state index contributed by atoms with van der Waals surface area (Å²) in [4.78, 5) is 0. The van der Waals surface area contributed by atoms with E-state index >= 15 is 0 Å². The van der Waals surface area contributed by atoms with Crippen LogP contribution in [-0.4, -0.2) is 41.9 Å². The molecule has 0 amide bonds. The Labute approximate surface area is 127 Å². The van der Waals surface area contributed by atoms with E-state index in [1.165, 1.54) is 12.8 Å². The topological polar surface area (TPSA) is 41.5 Å². The maximum absolute atomic E-state index is 9.85. The maximum Gasteiger partial charge on any atom is 0.119 e. The van der Waals surface area contributed by atoms with Gasteiger partial charge in [0.25, 0.3) is 0 Å². The van der Waals surface area contributed by atoms with Crippen molar-refractivity contribution in [3.05, 3.63) is 28.7 Å². The average molecular weight is 346 g/mol. The summed E-state index contributed by atoms with van der Waals surface area (Å²) >= 11 is 5.30. The fourth-order valence-corrected chi connectivity index (χ4v) is 2.86. The number of hydrogen-bond acceptors (Lipinski definition) is 4. The van der Waals surface area contributed by atoms with Gasteiger partial charge < -0.3 is 15.2 Å². The molecule has 2 rings (SSSR count). The third-order valence-electron chi connectivity index (χ3n) is 3.32. The van der Waals surface area contributed by atoms with Crippen LogP contribution in [0.15, 0.2) is 28.7 Å². The van der Waals surface area contributed by atoms with Crippen molar-refractivity contribution in [1.82, 2.24) is 5.32 Å². The van der Waals surface area contributed by atoms with Gasteiger partial charge >= 0.3 is 0 Å². The Kier molecular flexibility index (Phi) is 5.57. The van der Waals surface area contributed by atoms with Gasteiger partial charge in [0.2, 0.25) is 0 Å². The van der Waals surface area contributed by atoms with E-state index in [9.17, 15) is 5.11 Å². The first-order valence-corrected chi connectivity index (χ1v) is 8.48. The summed E-state index contributed by atoms with van der Waals surface area (Å²) in [6.07, 6.45) is 4.25. The number of halogens is 1. The largest absolute Gasteiger partial charge is 0.491 e. The van der Waals surface area contributed by atoms with Crippen molar-refractivity contribution in [2.75, 3.05) is 26.0 Å². The minimum atomic E-state index is -0.471. The van der Waals surface area contributed by atoms with Gasteiger partial charge in [-0.05, 0) is 43.4 Å². The molecule has 19 heavy (non-hydrogen) atoms. The summed E-state index contributed by atoms with van der Waals surface area (Å²) < 4.78 is 6.99. The van der Waals surface area contributed by atoms with Gasteiger partial charge in [0.15, 0.2) is 0 Å².